The predicted octanol–water partition coefficient (Wildman–Crippen LogP) is 4.68. The molecule has 1 saturated carbocycles. The van der Waals surface area contributed by atoms with Crippen LogP contribution in [-0.2, 0) is 10.2 Å². The third-order valence-electron chi connectivity index (χ3n) is 4.95. The van der Waals surface area contributed by atoms with E-state index in [-0.39, 0.29) is 5.91 Å². The van der Waals surface area contributed by atoms with E-state index < -0.39 is 5.41 Å². The number of rotatable bonds is 6. The summed E-state index contributed by atoms with van der Waals surface area (Å²) in [6.45, 7) is 0. The molecule has 0 atom stereocenters. The lowest BCUT2D eigenvalue weighted by molar-refractivity contribution is -0.118. The Kier molecular flexibility index (Phi) is 4.73. The van der Waals surface area contributed by atoms with E-state index in [4.69, 9.17) is 25.6 Å². The Labute approximate surface area is 167 Å². The van der Waals surface area contributed by atoms with Gasteiger partial charge in [-0.2, -0.15) is 0 Å². The summed E-state index contributed by atoms with van der Waals surface area (Å²) in [5.41, 5.74) is 1.41. The van der Waals surface area contributed by atoms with Gasteiger partial charge in [0.1, 0.15) is 11.5 Å². The van der Waals surface area contributed by atoms with Gasteiger partial charge in [0.05, 0.1) is 30.4 Å². The van der Waals surface area contributed by atoms with Gasteiger partial charge in [-0.3, -0.25) is 4.79 Å². The highest BCUT2D eigenvalue weighted by molar-refractivity contribution is 6.32. The normalized spacial score (nSPS) is 14.4. The second-order valence-corrected chi connectivity index (χ2v) is 7.10. The van der Waals surface area contributed by atoms with E-state index in [0.717, 1.165) is 11.3 Å². The maximum atomic E-state index is 12.9. The van der Waals surface area contributed by atoms with Gasteiger partial charge < -0.3 is 19.3 Å². The highest BCUT2D eigenvalue weighted by Crippen LogP contribution is 2.49. The van der Waals surface area contributed by atoms with Gasteiger partial charge in [-0.25, -0.2) is 0 Å². The number of hydrogen-bond donors (Lipinski definition) is 1. The summed E-state index contributed by atoms with van der Waals surface area (Å²) in [6, 6.07) is 14.5. The summed E-state index contributed by atoms with van der Waals surface area (Å²) in [7, 11) is 3.16. The Morgan fingerprint density at radius 2 is 1.96 bits per heavy atom. The quantitative estimate of drug-likeness (QED) is 0.652. The zero-order chi connectivity index (χ0) is 19.7. The SMILES string of the molecule is COc1cccc(-c2cc(C3(C(=O)Nc4ccc(OC)c(Cl)c4)CC3)no2)c1. The first-order valence-electron chi connectivity index (χ1n) is 8.82. The largest absolute Gasteiger partial charge is 0.497 e. The minimum Gasteiger partial charge on any atom is -0.497 e. The molecule has 0 spiro atoms. The Morgan fingerprint density at radius 3 is 2.64 bits per heavy atom. The number of nitrogens with one attached hydrogen (secondary N) is 1. The van der Waals surface area contributed by atoms with E-state index in [0.29, 0.717) is 40.8 Å². The molecule has 1 heterocycles. The lowest BCUT2D eigenvalue weighted by atomic mass is 10.00. The lowest BCUT2D eigenvalue weighted by Crippen LogP contribution is -2.28. The van der Waals surface area contributed by atoms with Crippen molar-refractivity contribution in [1.29, 1.82) is 0 Å². The van der Waals surface area contributed by atoms with Crippen molar-refractivity contribution in [2.75, 3.05) is 19.5 Å². The van der Waals surface area contributed by atoms with Gasteiger partial charge in [0.15, 0.2) is 5.76 Å². The molecule has 0 aliphatic heterocycles. The van der Waals surface area contributed by atoms with Crippen molar-refractivity contribution >= 4 is 23.2 Å². The molecule has 7 heteroatoms. The molecular weight excluding hydrogens is 380 g/mol. The van der Waals surface area contributed by atoms with Crippen LogP contribution in [0.1, 0.15) is 18.5 Å². The number of carbonyl (C=O) groups excluding carboxylic acids is 1. The first-order valence-corrected chi connectivity index (χ1v) is 9.20. The van der Waals surface area contributed by atoms with E-state index >= 15 is 0 Å². The molecule has 144 valence electrons. The molecule has 0 bridgehead atoms. The molecule has 6 nitrogen and oxygen atoms in total. The van der Waals surface area contributed by atoms with E-state index in [1.165, 1.54) is 0 Å². The molecule has 2 aromatic carbocycles. The van der Waals surface area contributed by atoms with Gasteiger partial charge in [0.25, 0.3) is 0 Å². The fourth-order valence-corrected chi connectivity index (χ4v) is 3.39. The van der Waals surface area contributed by atoms with Crippen molar-refractivity contribution in [3.63, 3.8) is 0 Å². The number of ether oxygens (including phenoxy) is 2. The van der Waals surface area contributed by atoms with Crippen LogP contribution in [0.3, 0.4) is 0 Å². The van der Waals surface area contributed by atoms with Crippen LogP contribution < -0.4 is 14.8 Å². The van der Waals surface area contributed by atoms with Gasteiger partial charge in [0, 0.05) is 17.3 Å². The molecule has 28 heavy (non-hydrogen) atoms. The molecule has 1 aliphatic carbocycles. The summed E-state index contributed by atoms with van der Waals surface area (Å²) in [6.07, 6.45) is 1.43. The number of anilines is 1. The van der Waals surface area contributed by atoms with Crippen molar-refractivity contribution in [2.24, 2.45) is 0 Å². The van der Waals surface area contributed by atoms with Crippen LogP contribution in [0.5, 0.6) is 11.5 Å². The van der Waals surface area contributed by atoms with E-state index in [2.05, 4.69) is 10.5 Å². The number of amides is 1. The van der Waals surface area contributed by atoms with Gasteiger partial charge >= 0.3 is 0 Å². The molecule has 0 radical (unpaired) electrons. The maximum Gasteiger partial charge on any atom is 0.236 e. The second-order valence-electron chi connectivity index (χ2n) is 6.69. The molecule has 1 N–H and O–H groups in total. The van der Waals surface area contributed by atoms with Gasteiger partial charge in [-0.1, -0.05) is 28.9 Å². The summed E-state index contributed by atoms with van der Waals surface area (Å²) in [4.78, 5) is 12.9. The van der Waals surface area contributed by atoms with Crippen LogP contribution in [-0.4, -0.2) is 25.3 Å². The highest BCUT2D eigenvalue weighted by Gasteiger charge is 2.53. The van der Waals surface area contributed by atoms with Crippen LogP contribution >= 0.6 is 11.6 Å². The number of benzene rings is 2. The highest BCUT2D eigenvalue weighted by atomic mass is 35.5. The molecule has 1 aromatic heterocycles. The van der Waals surface area contributed by atoms with E-state index in [1.54, 1.807) is 32.4 Å². The molecule has 0 saturated heterocycles. The smallest absolute Gasteiger partial charge is 0.236 e. The number of methoxy groups -OCH3 is 2. The summed E-state index contributed by atoms with van der Waals surface area (Å²) in [5.74, 6) is 1.76. The first-order chi connectivity index (χ1) is 13.6. The molecule has 3 aromatic rings. The Hall–Kier alpha value is -2.99. The summed E-state index contributed by atoms with van der Waals surface area (Å²) in [5, 5.41) is 7.53. The van der Waals surface area contributed by atoms with Crippen molar-refractivity contribution in [1.82, 2.24) is 5.16 Å². The van der Waals surface area contributed by atoms with Crippen molar-refractivity contribution in [2.45, 2.75) is 18.3 Å². The average molecular weight is 399 g/mol. The number of halogens is 1. The fraction of sp³-hybridized carbons (Fsp3) is 0.238. The monoisotopic (exact) mass is 398 g/mol. The zero-order valence-corrected chi connectivity index (χ0v) is 16.2. The van der Waals surface area contributed by atoms with Gasteiger partial charge in [-0.05, 0) is 43.2 Å². The lowest BCUT2D eigenvalue weighted by Gasteiger charge is -2.13. The van der Waals surface area contributed by atoms with Gasteiger partial charge in [-0.15, -0.1) is 0 Å². The van der Waals surface area contributed by atoms with Crippen LogP contribution in [0.4, 0.5) is 5.69 Å². The standard InChI is InChI=1S/C21H19ClN2O4/c1-26-15-5-3-4-13(10-15)18-12-19(24-28-18)21(8-9-21)20(25)23-14-6-7-17(27-2)16(22)11-14/h3-7,10-12H,8-9H2,1-2H3,(H,23,25). The van der Waals surface area contributed by atoms with E-state index in [9.17, 15) is 4.79 Å². The molecule has 1 aliphatic rings. The van der Waals surface area contributed by atoms with Crippen LogP contribution in [0, 0.1) is 0 Å². The van der Waals surface area contributed by atoms with E-state index in [1.807, 2.05) is 30.3 Å². The fourth-order valence-electron chi connectivity index (χ4n) is 3.13. The molecule has 1 amide bonds. The second kappa shape index (κ2) is 7.20. The Bertz CT molecular complexity index is 1030. The first kappa shape index (κ1) is 18.4. The number of aromatic nitrogens is 1. The number of nitrogens with zero attached hydrogens (tertiary/aromatic N) is 1. The maximum absolute atomic E-state index is 12.9. The zero-order valence-electron chi connectivity index (χ0n) is 15.5. The Morgan fingerprint density at radius 1 is 1.14 bits per heavy atom. The van der Waals surface area contributed by atoms with Crippen LogP contribution in [0.25, 0.3) is 11.3 Å². The van der Waals surface area contributed by atoms with Crippen LogP contribution in [0.15, 0.2) is 53.1 Å². The molecular formula is C21H19ClN2O4. The van der Waals surface area contributed by atoms with Crippen LogP contribution in [0.2, 0.25) is 5.02 Å². The molecule has 1 fully saturated rings. The minimum absolute atomic E-state index is 0.126. The third-order valence-corrected chi connectivity index (χ3v) is 5.24. The van der Waals surface area contributed by atoms with Crippen molar-refractivity contribution in [3.05, 3.63) is 59.2 Å². The third kappa shape index (κ3) is 3.31. The van der Waals surface area contributed by atoms with Crippen molar-refractivity contribution < 1.29 is 18.8 Å². The topological polar surface area (TPSA) is 73.6 Å². The average Bonchev–Trinajstić information content (AvgIpc) is 3.38. The summed E-state index contributed by atoms with van der Waals surface area (Å²) < 4.78 is 15.9. The summed E-state index contributed by atoms with van der Waals surface area (Å²) >= 11 is 6.14. The van der Waals surface area contributed by atoms with Gasteiger partial charge in [0.2, 0.25) is 5.91 Å². The minimum atomic E-state index is -0.674. The Balaban J connectivity index is 1.55. The van der Waals surface area contributed by atoms with Crippen molar-refractivity contribution in [3.8, 4) is 22.8 Å². The molecule has 4 rings (SSSR count). The number of carbonyl (C=O) groups is 1. The molecule has 0 unspecified atom stereocenters. The predicted molar refractivity (Wildman–Crippen MR) is 106 cm³/mol. The number of hydrogen-bond acceptors (Lipinski definition) is 5.